The Morgan fingerprint density at radius 1 is 1.39 bits per heavy atom. The van der Waals surface area contributed by atoms with Crippen molar-refractivity contribution >= 4 is 5.91 Å². The van der Waals surface area contributed by atoms with E-state index in [4.69, 9.17) is 9.26 Å². The molecule has 0 saturated carbocycles. The van der Waals surface area contributed by atoms with Gasteiger partial charge in [-0.05, 0) is 51.0 Å². The molecule has 6 heteroatoms. The molecule has 1 saturated heterocycles. The van der Waals surface area contributed by atoms with Crippen LogP contribution in [0.4, 0.5) is 4.39 Å². The van der Waals surface area contributed by atoms with Gasteiger partial charge in [-0.1, -0.05) is 5.16 Å². The average molecular weight is 318 g/mol. The summed E-state index contributed by atoms with van der Waals surface area (Å²) in [5, 5.41) is 6.90. The Hall–Kier alpha value is -2.21. The lowest BCUT2D eigenvalue weighted by molar-refractivity contribution is 0.0712. The monoisotopic (exact) mass is 318 g/mol. The molecule has 1 aliphatic heterocycles. The molecule has 2 atom stereocenters. The Labute approximate surface area is 133 Å². The molecule has 1 amide bonds. The molecule has 0 unspecified atom stereocenters. The molecular formula is C17H19FN2O3. The van der Waals surface area contributed by atoms with Gasteiger partial charge in [-0.2, -0.15) is 0 Å². The highest BCUT2D eigenvalue weighted by Crippen LogP contribution is 2.26. The zero-order chi connectivity index (χ0) is 16.4. The SMILES string of the molecule is Cc1onc(-c2ccc(F)cc2)c1C(=O)N[C@H](C)[C@H]1CCCO1. The lowest BCUT2D eigenvalue weighted by Gasteiger charge is -2.19. The highest BCUT2D eigenvalue weighted by Gasteiger charge is 2.27. The van der Waals surface area contributed by atoms with Crippen LogP contribution in [0.5, 0.6) is 0 Å². The standard InChI is InChI=1S/C17H19FN2O3/c1-10(14-4-3-9-22-14)19-17(21)15-11(2)23-20-16(15)12-5-7-13(18)8-6-12/h5-8,10,14H,3-4,9H2,1-2H3,(H,19,21)/t10-,14-/m1/s1. The molecule has 1 aromatic carbocycles. The third-order valence-corrected chi connectivity index (χ3v) is 4.09. The lowest BCUT2D eigenvalue weighted by Crippen LogP contribution is -2.41. The van der Waals surface area contributed by atoms with E-state index in [0.717, 1.165) is 19.4 Å². The average Bonchev–Trinajstić information content (AvgIpc) is 3.17. The van der Waals surface area contributed by atoms with Crippen molar-refractivity contribution in [3.8, 4) is 11.3 Å². The van der Waals surface area contributed by atoms with E-state index in [9.17, 15) is 9.18 Å². The van der Waals surface area contributed by atoms with E-state index in [-0.39, 0.29) is 23.9 Å². The summed E-state index contributed by atoms with van der Waals surface area (Å²) >= 11 is 0. The number of rotatable bonds is 4. The number of halogens is 1. The number of ether oxygens (including phenoxy) is 1. The summed E-state index contributed by atoms with van der Waals surface area (Å²) < 4.78 is 23.8. The van der Waals surface area contributed by atoms with Crippen LogP contribution in [0.25, 0.3) is 11.3 Å². The van der Waals surface area contributed by atoms with Crippen LogP contribution in [0.1, 0.15) is 35.9 Å². The maximum Gasteiger partial charge on any atom is 0.257 e. The maximum absolute atomic E-state index is 13.1. The van der Waals surface area contributed by atoms with Gasteiger partial charge in [0.25, 0.3) is 5.91 Å². The van der Waals surface area contributed by atoms with Crippen molar-refractivity contribution in [1.29, 1.82) is 0 Å². The fourth-order valence-electron chi connectivity index (χ4n) is 2.81. The number of hydrogen-bond acceptors (Lipinski definition) is 4. The van der Waals surface area contributed by atoms with Gasteiger partial charge >= 0.3 is 0 Å². The number of benzene rings is 1. The Morgan fingerprint density at radius 3 is 2.78 bits per heavy atom. The van der Waals surface area contributed by atoms with Crippen molar-refractivity contribution in [2.75, 3.05) is 6.61 Å². The van der Waals surface area contributed by atoms with E-state index in [2.05, 4.69) is 10.5 Å². The van der Waals surface area contributed by atoms with Crippen LogP contribution >= 0.6 is 0 Å². The number of carbonyl (C=O) groups excluding carboxylic acids is 1. The zero-order valence-electron chi connectivity index (χ0n) is 13.1. The van der Waals surface area contributed by atoms with Crippen molar-refractivity contribution < 1.29 is 18.4 Å². The molecule has 2 aromatic rings. The van der Waals surface area contributed by atoms with Gasteiger partial charge in [0.15, 0.2) is 0 Å². The van der Waals surface area contributed by atoms with Crippen LogP contribution in [-0.4, -0.2) is 29.8 Å². The summed E-state index contributed by atoms with van der Waals surface area (Å²) in [4.78, 5) is 12.6. The largest absolute Gasteiger partial charge is 0.376 e. The van der Waals surface area contributed by atoms with Crippen LogP contribution in [0.2, 0.25) is 0 Å². The first kappa shape index (κ1) is 15.7. The molecular weight excluding hydrogens is 299 g/mol. The molecule has 2 heterocycles. The first-order chi connectivity index (χ1) is 11.1. The Balaban J connectivity index is 1.82. The second-order valence-electron chi connectivity index (χ2n) is 5.78. The van der Waals surface area contributed by atoms with Crippen molar-refractivity contribution in [2.24, 2.45) is 0 Å². The molecule has 0 aliphatic carbocycles. The van der Waals surface area contributed by atoms with Crippen LogP contribution in [0, 0.1) is 12.7 Å². The minimum atomic E-state index is -0.341. The molecule has 1 aliphatic rings. The summed E-state index contributed by atoms with van der Waals surface area (Å²) in [5.41, 5.74) is 1.43. The third-order valence-electron chi connectivity index (χ3n) is 4.09. The van der Waals surface area contributed by atoms with Gasteiger partial charge in [-0.25, -0.2) is 4.39 Å². The summed E-state index contributed by atoms with van der Waals surface area (Å²) in [6.45, 7) is 4.35. The topological polar surface area (TPSA) is 64.4 Å². The van der Waals surface area contributed by atoms with Gasteiger partial charge in [0, 0.05) is 12.2 Å². The number of hydrogen-bond donors (Lipinski definition) is 1. The quantitative estimate of drug-likeness (QED) is 0.941. The van der Waals surface area contributed by atoms with E-state index in [1.807, 2.05) is 6.92 Å². The molecule has 0 bridgehead atoms. The molecule has 0 radical (unpaired) electrons. The number of amides is 1. The second kappa shape index (κ2) is 6.50. The van der Waals surface area contributed by atoms with E-state index in [0.29, 0.717) is 22.6 Å². The van der Waals surface area contributed by atoms with Gasteiger partial charge in [0.05, 0.1) is 12.1 Å². The smallest absolute Gasteiger partial charge is 0.257 e. The van der Waals surface area contributed by atoms with Gasteiger partial charge < -0.3 is 14.6 Å². The maximum atomic E-state index is 13.1. The minimum Gasteiger partial charge on any atom is -0.376 e. The van der Waals surface area contributed by atoms with Gasteiger partial charge in [0.2, 0.25) is 0 Å². The summed E-state index contributed by atoms with van der Waals surface area (Å²) in [6, 6.07) is 5.71. The van der Waals surface area contributed by atoms with Crippen molar-refractivity contribution in [2.45, 2.75) is 38.8 Å². The Morgan fingerprint density at radius 2 is 2.13 bits per heavy atom. The molecule has 122 valence electrons. The zero-order valence-corrected chi connectivity index (χ0v) is 13.1. The van der Waals surface area contributed by atoms with Gasteiger partial charge in [-0.3, -0.25) is 4.79 Å². The van der Waals surface area contributed by atoms with Crippen molar-refractivity contribution in [3.05, 3.63) is 41.4 Å². The number of nitrogens with zero attached hydrogens (tertiary/aromatic N) is 1. The van der Waals surface area contributed by atoms with Crippen LogP contribution in [-0.2, 0) is 4.74 Å². The first-order valence-electron chi connectivity index (χ1n) is 7.71. The normalized spacial score (nSPS) is 18.8. The van der Waals surface area contributed by atoms with E-state index >= 15 is 0 Å². The molecule has 0 spiro atoms. The van der Waals surface area contributed by atoms with Crippen molar-refractivity contribution in [1.82, 2.24) is 10.5 Å². The Kier molecular flexibility index (Phi) is 4.43. The predicted molar refractivity (Wildman–Crippen MR) is 82.5 cm³/mol. The molecule has 1 aromatic heterocycles. The van der Waals surface area contributed by atoms with E-state index in [1.165, 1.54) is 12.1 Å². The fourth-order valence-corrected chi connectivity index (χ4v) is 2.81. The summed E-state index contributed by atoms with van der Waals surface area (Å²) in [7, 11) is 0. The number of aryl methyl sites for hydroxylation is 1. The van der Waals surface area contributed by atoms with E-state index < -0.39 is 0 Å². The second-order valence-corrected chi connectivity index (χ2v) is 5.78. The number of nitrogens with one attached hydrogen (secondary N) is 1. The number of aromatic nitrogens is 1. The molecule has 5 nitrogen and oxygen atoms in total. The van der Waals surface area contributed by atoms with Gasteiger partial charge in [-0.15, -0.1) is 0 Å². The highest BCUT2D eigenvalue weighted by atomic mass is 19.1. The first-order valence-corrected chi connectivity index (χ1v) is 7.71. The molecule has 1 fully saturated rings. The minimum absolute atomic E-state index is 0.0355. The summed E-state index contributed by atoms with van der Waals surface area (Å²) in [6.07, 6.45) is 1.99. The molecule has 3 rings (SSSR count). The molecule has 23 heavy (non-hydrogen) atoms. The van der Waals surface area contributed by atoms with Crippen LogP contribution in [0.15, 0.2) is 28.8 Å². The predicted octanol–water partition coefficient (Wildman–Crippen LogP) is 3.09. The van der Waals surface area contributed by atoms with Crippen LogP contribution in [0.3, 0.4) is 0 Å². The fraction of sp³-hybridized carbons (Fsp3) is 0.412. The number of carbonyl (C=O) groups is 1. The van der Waals surface area contributed by atoms with Crippen molar-refractivity contribution in [3.63, 3.8) is 0 Å². The summed E-state index contributed by atoms with van der Waals surface area (Å²) in [5.74, 6) is -0.167. The lowest BCUT2D eigenvalue weighted by atomic mass is 10.0. The Bertz CT molecular complexity index is 690. The van der Waals surface area contributed by atoms with Gasteiger partial charge in [0.1, 0.15) is 22.8 Å². The molecule has 1 N–H and O–H groups in total. The van der Waals surface area contributed by atoms with Crippen LogP contribution < -0.4 is 5.32 Å². The third kappa shape index (κ3) is 3.27. The highest BCUT2D eigenvalue weighted by molar-refractivity contribution is 6.00. The van der Waals surface area contributed by atoms with E-state index in [1.54, 1.807) is 19.1 Å².